The van der Waals surface area contributed by atoms with Crippen LogP contribution in [0.15, 0.2) is 88.1 Å². The average molecular weight is 376 g/mol. The van der Waals surface area contributed by atoms with Crippen molar-refractivity contribution in [3.63, 3.8) is 0 Å². The summed E-state index contributed by atoms with van der Waals surface area (Å²) in [4.78, 5) is 5.84. The second-order valence-corrected chi connectivity index (χ2v) is 7.56. The second-order valence-electron chi connectivity index (χ2n) is 6.58. The molecule has 3 aromatic carbocycles. The van der Waals surface area contributed by atoms with Crippen LogP contribution in [-0.4, -0.2) is 5.71 Å². The molecule has 0 fully saturated rings. The number of nitrogens with zero attached hydrogens (tertiary/aromatic N) is 1. The highest BCUT2D eigenvalue weighted by Gasteiger charge is 2.03. The van der Waals surface area contributed by atoms with Crippen LogP contribution in [0.1, 0.15) is 22.3 Å². The Hall–Kier alpha value is -2.65. The molecule has 3 aromatic rings. The van der Waals surface area contributed by atoms with Gasteiger partial charge in [0.1, 0.15) is 5.82 Å². The molecule has 0 radical (unpaired) electrons. The predicted octanol–water partition coefficient (Wildman–Crippen LogP) is 7.18. The van der Waals surface area contributed by atoms with Crippen molar-refractivity contribution in [1.82, 2.24) is 0 Å². The van der Waals surface area contributed by atoms with Crippen LogP contribution in [0.25, 0.3) is 0 Å². The normalized spacial score (nSPS) is 11.9. The van der Waals surface area contributed by atoms with Crippen molar-refractivity contribution in [3.8, 4) is 0 Å². The Bertz CT molecular complexity index is 950. The first-order valence-electron chi connectivity index (χ1n) is 8.82. The number of thioether (sulfide) groups is 1. The number of aryl methyl sites for hydroxylation is 3. The first-order chi connectivity index (χ1) is 13.0. The molecule has 27 heavy (non-hydrogen) atoms. The number of hydrogen-bond donors (Lipinski definition) is 0. The lowest BCUT2D eigenvalue weighted by molar-refractivity contribution is 0.626. The molecular formula is C24H22FNS. The first kappa shape index (κ1) is 19.1. The molecule has 0 aliphatic carbocycles. The third-order valence-corrected chi connectivity index (χ3v) is 4.86. The van der Waals surface area contributed by atoms with E-state index >= 15 is 0 Å². The minimum absolute atomic E-state index is 0.222. The molecule has 0 unspecified atom stereocenters. The Balaban J connectivity index is 1.92. The molecule has 0 heterocycles. The van der Waals surface area contributed by atoms with Gasteiger partial charge in [-0.15, -0.1) is 0 Å². The fourth-order valence-electron chi connectivity index (χ4n) is 2.77. The number of allylic oxidation sites excluding steroid dienone is 1. The SMILES string of the molecule is Cc1ccc(N=C(C=CSc2ccc(F)cc2)c2cc(C)cc(C)c2)cc1. The minimum Gasteiger partial charge on any atom is -0.248 e. The van der Waals surface area contributed by atoms with Gasteiger partial charge in [-0.05, 0) is 80.8 Å². The van der Waals surface area contributed by atoms with E-state index in [0.29, 0.717) is 0 Å². The van der Waals surface area contributed by atoms with Gasteiger partial charge in [0.15, 0.2) is 0 Å². The Labute approximate surface area is 164 Å². The smallest absolute Gasteiger partial charge is 0.123 e. The van der Waals surface area contributed by atoms with Gasteiger partial charge in [0.25, 0.3) is 0 Å². The third-order valence-electron chi connectivity index (χ3n) is 4.04. The zero-order valence-corrected chi connectivity index (χ0v) is 16.6. The lowest BCUT2D eigenvalue weighted by Gasteiger charge is -2.06. The number of hydrogen-bond acceptors (Lipinski definition) is 2. The Kier molecular flexibility index (Phi) is 6.25. The average Bonchev–Trinajstić information content (AvgIpc) is 2.63. The molecule has 0 aromatic heterocycles. The van der Waals surface area contributed by atoms with Crippen LogP contribution in [0, 0.1) is 26.6 Å². The summed E-state index contributed by atoms with van der Waals surface area (Å²) >= 11 is 1.55. The van der Waals surface area contributed by atoms with Gasteiger partial charge < -0.3 is 0 Å². The van der Waals surface area contributed by atoms with Gasteiger partial charge >= 0.3 is 0 Å². The molecule has 3 heteroatoms. The fraction of sp³-hybridized carbons (Fsp3) is 0.125. The number of rotatable bonds is 5. The molecule has 136 valence electrons. The van der Waals surface area contributed by atoms with Crippen molar-refractivity contribution in [1.29, 1.82) is 0 Å². The maximum Gasteiger partial charge on any atom is 0.123 e. The molecule has 0 aliphatic rings. The lowest BCUT2D eigenvalue weighted by Crippen LogP contribution is -1.98. The summed E-state index contributed by atoms with van der Waals surface area (Å²) in [5.41, 5.74) is 6.54. The molecule has 0 saturated heterocycles. The van der Waals surface area contributed by atoms with Crippen molar-refractivity contribution in [2.45, 2.75) is 25.7 Å². The zero-order valence-electron chi connectivity index (χ0n) is 15.7. The monoisotopic (exact) mass is 375 g/mol. The number of benzene rings is 3. The summed E-state index contributed by atoms with van der Waals surface area (Å²) in [7, 11) is 0. The van der Waals surface area contributed by atoms with Crippen LogP contribution in [-0.2, 0) is 0 Å². The van der Waals surface area contributed by atoms with E-state index in [1.165, 1.54) is 28.8 Å². The summed E-state index contributed by atoms with van der Waals surface area (Å²) in [6.07, 6.45) is 2.02. The molecule has 0 atom stereocenters. The molecule has 0 saturated carbocycles. The van der Waals surface area contributed by atoms with Gasteiger partial charge in [0.2, 0.25) is 0 Å². The van der Waals surface area contributed by atoms with Crippen molar-refractivity contribution in [3.05, 3.63) is 106 Å². The van der Waals surface area contributed by atoms with Crippen LogP contribution in [0.5, 0.6) is 0 Å². The predicted molar refractivity (Wildman–Crippen MR) is 115 cm³/mol. The van der Waals surface area contributed by atoms with Gasteiger partial charge in [0, 0.05) is 10.5 Å². The van der Waals surface area contributed by atoms with Gasteiger partial charge in [-0.3, -0.25) is 0 Å². The molecular weight excluding hydrogens is 353 g/mol. The quantitative estimate of drug-likeness (QED) is 0.340. The number of aliphatic imine (C=N–C) groups is 1. The molecule has 1 nitrogen and oxygen atoms in total. The standard InChI is InChI=1S/C24H22FNS/c1-17-4-8-22(9-5-17)26-24(20-15-18(2)14-19(3)16-20)12-13-27-23-10-6-21(25)7-11-23/h4-16H,1-3H3. The zero-order chi connectivity index (χ0) is 19.2. The maximum absolute atomic E-state index is 13.1. The van der Waals surface area contributed by atoms with Crippen LogP contribution < -0.4 is 0 Å². The van der Waals surface area contributed by atoms with E-state index in [4.69, 9.17) is 4.99 Å². The van der Waals surface area contributed by atoms with Crippen molar-refractivity contribution in [2.24, 2.45) is 4.99 Å². The van der Waals surface area contributed by atoms with E-state index in [-0.39, 0.29) is 5.82 Å². The highest BCUT2D eigenvalue weighted by molar-refractivity contribution is 8.02. The van der Waals surface area contributed by atoms with Gasteiger partial charge in [-0.25, -0.2) is 9.38 Å². The largest absolute Gasteiger partial charge is 0.248 e. The van der Waals surface area contributed by atoms with E-state index in [1.807, 2.05) is 23.6 Å². The topological polar surface area (TPSA) is 12.4 Å². The summed E-state index contributed by atoms with van der Waals surface area (Å²) in [5.74, 6) is -0.222. The van der Waals surface area contributed by atoms with Crippen LogP contribution in [0.4, 0.5) is 10.1 Å². The first-order valence-corrected chi connectivity index (χ1v) is 9.70. The summed E-state index contributed by atoms with van der Waals surface area (Å²) in [6.45, 7) is 6.26. The van der Waals surface area contributed by atoms with E-state index in [0.717, 1.165) is 21.9 Å². The summed E-state index contributed by atoms with van der Waals surface area (Å²) in [5, 5.41) is 2.00. The lowest BCUT2D eigenvalue weighted by atomic mass is 10.0. The molecule has 0 amide bonds. The van der Waals surface area contributed by atoms with Crippen LogP contribution >= 0.6 is 11.8 Å². The van der Waals surface area contributed by atoms with Crippen LogP contribution in [0.2, 0.25) is 0 Å². The fourth-order valence-corrected chi connectivity index (χ4v) is 3.42. The highest BCUT2D eigenvalue weighted by atomic mass is 32.2. The molecule has 0 bridgehead atoms. The van der Waals surface area contributed by atoms with E-state index in [9.17, 15) is 4.39 Å². The van der Waals surface area contributed by atoms with E-state index in [1.54, 1.807) is 23.9 Å². The Morgan fingerprint density at radius 1 is 0.815 bits per heavy atom. The Morgan fingerprint density at radius 3 is 2.07 bits per heavy atom. The second kappa shape index (κ2) is 8.83. The highest BCUT2D eigenvalue weighted by Crippen LogP contribution is 2.22. The Morgan fingerprint density at radius 2 is 1.44 bits per heavy atom. The van der Waals surface area contributed by atoms with E-state index in [2.05, 4.69) is 51.1 Å². The molecule has 0 N–H and O–H groups in total. The van der Waals surface area contributed by atoms with Crippen molar-refractivity contribution < 1.29 is 4.39 Å². The minimum atomic E-state index is -0.222. The molecule has 0 spiro atoms. The summed E-state index contributed by atoms with van der Waals surface area (Å²) in [6, 6.07) is 21.1. The molecule has 0 aliphatic heterocycles. The summed E-state index contributed by atoms with van der Waals surface area (Å²) < 4.78 is 13.1. The maximum atomic E-state index is 13.1. The number of halogens is 1. The van der Waals surface area contributed by atoms with Gasteiger partial charge in [-0.1, -0.05) is 46.7 Å². The van der Waals surface area contributed by atoms with Gasteiger partial charge in [-0.2, -0.15) is 0 Å². The van der Waals surface area contributed by atoms with Crippen molar-refractivity contribution in [2.75, 3.05) is 0 Å². The van der Waals surface area contributed by atoms with Crippen LogP contribution in [0.3, 0.4) is 0 Å². The van der Waals surface area contributed by atoms with E-state index < -0.39 is 0 Å². The molecule has 3 rings (SSSR count). The third kappa shape index (κ3) is 5.66. The van der Waals surface area contributed by atoms with Gasteiger partial charge in [0.05, 0.1) is 11.4 Å². The van der Waals surface area contributed by atoms with Crippen molar-refractivity contribution >= 4 is 23.2 Å².